The predicted octanol–water partition coefficient (Wildman–Crippen LogP) is 0.266. The predicted molar refractivity (Wildman–Crippen MR) is 53.4 cm³/mol. The van der Waals surface area contributed by atoms with E-state index in [9.17, 15) is 0 Å². The standard InChI is InChI=1S/C6H16N2.2CHNO/c7-5-3-1-2-4-6-8;2*2-1-3/h1-8H2;2*2H. The minimum absolute atomic E-state index is 0.750. The van der Waals surface area contributed by atoms with Gasteiger partial charge in [-0.2, -0.15) is 0 Å². The highest BCUT2D eigenvalue weighted by Crippen LogP contribution is 1.95. The molecule has 0 saturated heterocycles. The van der Waals surface area contributed by atoms with E-state index in [1.165, 1.54) is 12.8 Å². The Kier molecular flexibility index (Phi) is 39.4. The lowest BCUT2D eigenvalue weighted by molar-refractivity contribution is 0.562. The molecule has 0 aliphatic carbocycles. The monoisotopic (exact) mass is 202 g/mol. The van der Waals surface area contributed by atoms with E-state index in [0.29, 0.717) is 0 Å². The lowest BCUT2D eigenvalue weighted by atomic mass is 10.2. The van der Waals surface area contributed by atoms with Crippen molar-refractivity contribution in [1.29, 1.82) is 10.8 Å². The van der Waals surface area contributed by atoms with Crippen molar-refractivity contribution >= 4 is 12.2 Å². The zero-order chi connectivity index (χ0) is 11.7. The van der Waals surface area contributed by atoms with Crippen molar-refractivity contribution in [2.75, 3.05) is 13.1 Å². The molecule has 0 atom stereocenters. The fourth-order valence-electron chi connectivity index (χ4n) is 0.642. The third-order valence-corrected chi connectivity index (χ3v) is 1.16. The van der Waals surface area contributed by atoms with Crippen molar-refractivity contribution in [2.45, 2.75) is 25.7 Å². The molecule has 0 aliphatic heterocycles. The van der Waals surface area contributed by atoms with Crippen LogP contribution in [-0.2, 0) is 9.59 Å². The fraction of sp³-hybridized carbons (Fsp3) is 0.750. The topological polar surface area (TPSA) is 134 Å². The molecule has 0 aromatic carbocycles. The maximum atomic E-state index is 8.35. The van der Waals surface area contributed by atoms with E-state index in [0.717, 1.165) is 38.1 Å². The second-order valence-electron chi connectivity index (χ2n) is 2.20. The van der Waals surface area contributed by atoms with Gasteiger partial charge in [0.1, 0.15) is 0 Å². The van der Waals surface area contributed by atoms with Gasteiger partial charge in [-0.05, 0) is 25.9 Å². The molecule has 82 valence electrons. The number of hydrogen-bond acceptors (Lipinski definition) is 6. The zero-order valence-electron chi connectivity index (χ0n) is 8.21. The second-order valence-corrected chi connectivity index (χ2v) is 2.20. The van der Waals surface area contributed by atoms with Crippen molar-refractivity contribution in [3.63, 3.8) is 0 Å². The van der Waals surface area contributed by atoms with Gasteiger partial charge in [-0.3, -0.25) is 0 Å². The van der Waals surface area contributed by atoms with Crippen LogP contribution in [0.15, 0.2) is 0 Å². The zero-order valence-corrected chi connectivity index (χ0v) is 8.21. The summed E-state index contributed by atoms with van der Waals surface area (Å²) >= 11 is 0. The summed E-state index contributed by atoms with van der Waals surface area (Å²) in [4.78, 5) is 16.7. The van der Waals surface area contributed by atoms with Crippen LogP contribution in [0.25, 0.3) is 0 Å². The van der Waals surface area contributed by atoms with Gasteiger partial charge in [-0.15, -0.1) is 0 Å². The molecule has 0 aromatic heterocycles. The quantitative estimate of drug-likeness (QED) is 0.289. The lowest BCUT2D eigenvalue weighted by Gasteiger charge is -1.94. The molecule has 0 radical (unpaired) electrons. The van der Waals surface area contributed by atoms with E-state index in [4.69, 9.17) is 31.9 Å². The van der Waals surface area contributed by atoms with Gasteiger partial charge in [0.25, 0.3) is 0 Å². The maximum absolute atomic E-state index is 8.35. The highest BCUT2D eigenvalue weighted by molar-refractivity contribution is 5.26. The molecule has 6 nitrogen and oxygen atoms in total. The Morgan fingerprint density at radius 1 is 0.786 bits per heavy atom. The van der Waals surface area contributed by atoms with Crippen molar-refractivity contribution < 1.29 is 9.59 Å². The molecule has 0 aliphatic rings. The molecule has 0 heterocycles. The van der Waals surface area contributed by atoms with Crippen molar-refractivity contribution in [2.24, 2.45) is 11.5 Å². The summed E-state index contributed by atoms with van der Waals surface area (Å²) in [5.74, 6) is 0. The van der Waals surface area contributed by atoms with Crippen LogP contribution in [0, 0.1) is 10.8 Å². The van der Waals surface area contributed by atoms with Gasteiger partial charge < -0.3 is 11.5 Å². The first-order chi connectivity index (χ1) is 6.74. The summed E-state index contributed by atoms with van der Waals surface area (Å²) in [7, 11) is 0. The normalized spacial score (nSPS) is 6.71. The Bertz CT molecular complexity index is 131. The summed E-state index contributed by atoms with van der Waals surface area (Å²) < 4.78 is 0. The first-order valence-corrected chi connectivity index (χ1v) is 4.22. The molecule has 0 aromatic rings. The van der Waals surface area contributed by atoms with Gasteiger partial charge in [-0.25, -0.2) is 20.4 Å². The first-order valence-electron chi connectivity index (χ1n) is 4.22. The van der Waals surface area contributed by atoms with Crippen LogP contribution in [0.5, 0.6) is 0 Å². The summed E-state index contributed by atoms with van der Waals surface area (Å²) in [6.07, 6.45) is 6.29. The maximum Gasteiger partial charge on any atom is 0.231 e. The SMILES string of the molecule is N=C=O.N=C=O.NCCCCCCN. The highest BCUT2D eigenvalue weighted by Gasteiger charge is 1.83. The molecule has 0 fully saturated rings. The molecule has 14 heavy (non-hydrogen) atoms. The number of nitrogens with one attached hydrogen (secondary N) is 2. The molecule has 0 bridgehead atoms. The van der Waals surface area contributed by atoms with Crippen molar-refractivity contribution in [1.82, 2.24) is 0 Å². The second kappa shape index (κ2) is 29.9. The third kappa shape index (κ3) is 73.9. The molecular weight excluding hydrogens is 184 g/mol. The smallest absolute Gasteiger partial charge is 0.231 e. The van der Waals surface area contributed by atoms with Gasteiger partial charge in [-0.1, -0.05) is 12.8 Å². The molecule has 0 rings (SSSR count). The molecule has 6 heteroatoms. The summed E-state index contributed by atoms with van der Waals surface area (Å²) in [5.41, 5.74) is 10.6. The highest BCUT2D eigenvalue weighted by atomic mass is 16.1. The minimum Gasteiger partial charge on any atom is -0.330 e. The number of unbranched alkanes of at least 4 members (excludes halogenated alkanes) is 3. The van der Waals surface area contributed by atoms with Crippen LogP contribution < -0.4 is 11.5 Å². The Balaban J connectivity index is -0.000000168. The number of carbonyl (C=O) groups excluding carboxylic acids is 2. The summed E-state index contributed by atoms with van der Waals surface area (Å²) in [6, 6.07) is 0. The average Bonchev–Trinajstić information content (AvgIpc) is 2.15. The van der Waals surface area contributed by atoms with Crippen LogP contribution in [0.3, 0.4) is 0 Å². The van der Waals surface area contributed by atoms with Gasteiger partial charge in [0.05, 0.1) is 0 Å². The van der Waals surface area contributed by atoms with E-state index >= 15 is 0 Å². The average molecular weight is 202 g/mol. The Morgan fingerprint density at radius 2 is 1.00 bits per heavy atom. The van der Waals surface area contributed by atoms with E-state index in [1.807, 2.05) is 0 Å². The molecular formula is C8H18N4O2. The van der Waals surface area contributed by atoms with Gasteiger partial charge in [0, 0.05) is 0 Å². The molecule has 6 N–H and O–H groups in total. The van der Waals surface area contributed by atoms with Gasteiger partial charge >= 0.3 is 0 Å². The molecule has 0 amide bonds. The Labute approximate surface area is 83.7 Å². The first kappa shape index (κ1) is 18.5. The van der Waals surface area contributed by atoms with E-state index in [1.54, 1.807) is 0 Å². The molecule has 0 unspecified atom stereocenters. The number of isocyanates is 2. The van der Waals surface area contributed by atoms with Crippen LogP contribution in [0.4, 0.5) is 0 Å². The van der Waals surface area contributed by atoms with Crippen LogP contribution in [0.2, 0.25) is 0 Å². The van der Waals surface area contributed by atoms with Crippen LogP contribution in [-0.4, -0.2) is 25.2 Å². The van der Waals surface area contributed by atoms with Crippen LogP contribution in [0.1, 0.15) is 25.7 Å². The van der Waals surface area contributed by atoms with Gasteiger partial charge in [0.15, 0.2) is 0 Å². The van der Waals surface area contributed by atoms with E-state index in [2.05, 4.69) is 0 Å². The van der Waals surface area contributed by atoms with Crippen LogP contribution >= 0.6 is 0 Å². The van der Waals surface area contributed by atoms with E-state index in [-0.39, 0.29) is 0 Å². The Morgan fingerprint density at radius 3 is 1.14 bits per heavy atom. The molecule has 0 saturated carbocycles. The number of hydrogen-bond donors (Lipinski definition) is 4. The summed E-state index contributed by atoms with van der Waals surface area (Å²) in [6.45, 7) is 1.65. The van der Waals surface area contributed by atoms with Crippen molar-refractivity contribution in [3.8, 4) is 0 Å². The number of rotatable bonds is 5. The fourth-order valence-corrected chi connectivity index (χ4v) is 0.642. The molecule has 0 spiro atoms. The van der Waals surface area contributed by atoms with Gasteiger partial charge in [0.2, 0.25) is 12.2 Å². The third-order valence-electron chi connectivity index (χ3n) is 1.16. The van der Waals surface area contributed by atoms with E-state index < -0.39 is 0 Å². The Hall–Kier alpha value is -1.32. The minimum atomic E-state index is 0.750. The number of nitrogens with two attached hydrogens (primary N) is 2. The largest absolute Gasteiger partial charge is 0.330 e. The summed E-state index contributed by atoms with van der Waals surface area (Å²) in [5, 5.41) is 10.8. The lowest BCUT2D eigenvalue weighted by Crippen LogP contribution is -2.00. The van der Waals surface area contributed by atoms with Crippen molar-refractivity contribution in [3.05, 3.63) is 0 Å².